The quantitative estimate of drug-likeness (QED) is 0.614. The lowest BCUT2D eigenvalue weighted by Gasteiger charge is -2.19. The molecule has 98 valence electrons. The van der Waals surface area contributed by atoms with Crippen molar-refractivity contribution < 1.29 is 9.72 Å². The molecule has 0 aromatic heterocycles. The van der Waals surface area contributed by atoms with Gasteiger partial charge in [-0.15, -0.1) is 0 Å². The lowest BCUT2D eigenvalue weighted by molar-refractivity contribution is -0.384. The van der Waals surface area contributed by atoms with Crippen LogP contribution in [0.5, 0.6) is 0 Å². The molecule has 19 heavy (non-hydrogen) atoms. The average Bonchev–Trinajstić information content (AvgIpc) is 2.86. The van der Waals surface area contributed by atoms with Gasteiger partial charge in [0.15, 0.2) is 0 Å². The Kier molecular flexibility index (Phi) is 3.67. The number of non-ortho nitro benzene ring substituents is 1. The molecular formula is C12H10ClN3O3. The highest BCUT2D eigenvalue weighted by molar-refractivity contribution is 6.34. The maximum atomic E-state index is 12.3. The van der Waals surface area contributed by atoms with Crippen LogP contribution in [0.15, 0.2) is 18.2 Å². The van der Waals surface area contributed by atoms with E-state index in [1.807, 2.05) is 6.07 Å². The molecule has 0 bridgehead atoms. The number of hydrogen-bond donors (Lipinski definition) is 0. The van der Waals surface area contributed by atoms with E-state index in [1.165, 1.54) is 17.0 Å². The molecule has 2 rings (SSSR count). The van der Waals surface area contributed by atoms with Gasteiger partial charge in [0, 0.05) is 18.7 Å². The van der Waals surface area contributed by atoms with Gasteiger partial charge >= 0.3 is 0 Å². The summed E-state index contributed by atoms with van der Waals surface area (Å²) in [6.07, 6.45) is 1.37. The second kappa shape index (κ2) is 5.24. The number of nitro groups is 1. The summed E-state index contributed by atoms with van der Waals surface area (Å²) in [6, 6.07) is 5.28. The minimum absolute atomic E-state index is 0.0676. The minimum Gasteiger partial charge on any atom is -0.323 e. The van der Waals surface area contributed by atoms with E-state index in [2.05, 4.69) is 0 Å². The van der Waals surface area contributed by atoms with Crippen molar-refractivity contribution in [2.24, 2.45) is 0 Å². The lowest BCUT2D eigenvalue weighted by Crippen LogP contribution is -2.34. The molecule has 6 nitrogen and oxygen atoms in total. The number of benzene rings is 1. The van der Waals surface area contributed by atoms with Crippen LogP contribution in [0.2, 0.25) is 5.02 Å². The largest absolute Gasteiger partial charge is 0.323 e. The zero-order valence-electron chi connectivity index (χ0n) is 9.88. The topological polar surface area (TPSA) is 87.2 Å². The zero-order chi connectivity index (χ0) is 14.0. The van der Waals surface area contributed by atoms with Crippen LogP contribution in [0.3, 0.4) is 0 Å². The Balaban J connectivity index is 2.36. The van der Waals surface area contributed by atoms with E-state index in [0.717, 1.165) is 12.5 Å². The molecule has 1 aliphatic rings. The SMILES string of the molecule is N#CC1CCCN1C(=O)c1cc([N+](=O)[O-])ccc1Cl. The number of carbonyl (C=O) groups excluding carboxylic acids is 1. The van der Waals surface area contributed by atoms with Crippen molar-refractivity contribution in [1.29, 1.82) is 5.26 Å². The predicted octanol–water partition coefficient (Wildman–Crippen LogP) is 2.38. The fourth-order valence-electron chi connectivity index (χ4n) is 2.09. The first-order valence-corrected chi connectivity index (χ1v) is 6.07. The normalized spacial score (nSPS) is 18.1. The van der Waals surface area contributed by atoms with Crippen LogP contribution < -0.4 is 0 Å². The lowest BCUT2D eigenvalue weighted by atomic mass is 10.1. The molecule has 1 aromatic carbocycles. The predicted molar refractivity (Wildman–Crippen MR) is 67.8 cm³/mol. The van der Waals surface area contributed by atoms with Crippen LogP contribution in [0, 0.1) is 21.4 Å². The first-order chi connectivity index (χ1) is 9.04. The van der Waals surface area contributed by atoms with Gasteiger partial charge in [0.2, 0.25) is 0 Å². The summed E-state index contributed by atoms with van der Waals surface area (Å²) in [7, 11) is 0. The number of hydrogen-bond acceptors (Lipinski definition) is 4. The number of carbonyl (C=O) groups is 1. The maximum absolute atomic E-state index is 12.3. The van der Waals surface area contributed by atoms with Gasteiger partial charge in [-0.3, -0.25) is 14.9 Å². The van der Waals surface area contributed by atoms with Crippen LogP contribution in [0.4, 0.5) is 5.69 Å². The van der Waals surface area contributed by atoms with Crippen molar-refractivity contribution in [1.82, 2.24) is 4.90 Å². The van der Waals surface area contributed by atoms with E-state index in [-0.39, 0.29) is 16.3 Å². The van der Waals surface area contributed by atoms with E-state index in [0.29, 0.717) is 13.0 Å². The molecule has 1 saturated heterocycles. The summed E-state index contributed by atoms with van der Waals surface area (Å²) in [5.74, 6) is -0.433. The molecular weight excluding hydrogens is 270 g/mol. The molecule has 1 atom stereocenters. The number of rotatable bonds is 2. The Hall–Kier alpha value is -2.13. The van der Waals surface area contributed by atoms with Crippen molar-refractivity contribution >= 4 is 23.2 Å². The Morgan fingerprint density at radius 3 is 2.95 bits per heavy atom. The van der Waals surface area contributed by atoms with Gasteiger partial charge in [0.25, 0.3) is 11.6 Å². The van der Waals surface area contributed by atoms with E-state index < -0.39 is 16.9 Å². The van der Waals surface area contributed by atoms with Crippen LogP contribution in [0.1, 0.15) is 23.2 Å². The highest BCUT2D eigenvalue weighted by atomic mass is 35.5. The van der Waals surface area contributed by atoms with E-state index >= 15 is 0 Å². The fourth-order valence-corrected chi connectivity index (χ4v) is 2.29. The highest BCUT2D eigenvalue weighted by Crippen LogP contribution is 2.26. The molecule has 0 N–H and O–H groups in total. The molecule has 0 aliphatic carbocycles. The zero-order valence-corrected chi connectivity index (χ0v) is 10.6. The summed E-state index contributed by atoms with van der Waals surface area (Å²) in [6.45, 7) is 0.468. The number of halogens is 1. The summed E-state index contributed by atoms with van der Waals surface area (Å²) in [5.41, 5.74) is -0.126. The molecule has 1 fully saturated rings. The minimum atomic E-state index is -0.584. The number of likely N-dealkylation sites (tertiary alicyclic amines) is 1. The second-order valence-corrected chi connectivity index (χ2v) is 4.61. The van der Waals surface area contributed by atoms with Crippen LogP contribution in [-0.4, -0.2) is 28.3 Å². The summed E-state index contributed by atoms with van der Waals surface area (Å²) in [4.78, 5) is 23.8. The van der Waals surface area contributed by atoms with Crippen LogP contribution >= 0.6 is 11.6 Å². The van der Waals surface area contributed by atoms with E-state index in [9.17, 15) is 14.9 Å². The van der Waals surface area contributed by atoms with Gasteiger partial charge in [-0.25, -0.2) is 0 Å². The Bertz CT molecular complexity index is 582. The van der Waals surface area contributed by atoms with Gasteiger partial charge < -0.3 is 4.90 Å². The molecule has 7 heteroatoms. The van der Waals surface area contributed by atoms with E-state index in [1.54, 1.807) is 0 Å². The van der Waals surface area contributed by atoms with Gasteiger partial charge in [0.05, 0.1) is 21.6 Å². The average molecular weight is 280 g/mol. The van der Waals surface area contributed by atoms with Gasteiger partial charge in [-0.1, -0.05) is 11.6 Å². The smallest absolute Gasteiger partial charge is 0.270 e. The molecule has 0 saturated carbocycles. The van der Waals surface area contributed by atoms with Gasteiger partial charge in [-0.2, -0.15) is 5.26 Å². The summed E-state index contributed by atoms with van der Waals surface area (Å²) in [5, 5.41) is 19.8. The first-order valence-electron chi connectivity index (χ1n) is 5.69. The molecule has 1 aromatic rings. The number of nitrogens with zero attached hydrogens (tertiary/aromatic N) is 3. The highest BCUT2D eigenvalue weighted by Gasteiger charge is 2.31. The summed E-state index contributed by atoms with van der Waals surface area (Å²) < 4.78 is 0. The monoisotopic (exact) mass is 279 g/mol. The Morgan fingerprint density at radius 1 is 1.58 bits per heavy atom. The van der Waals surface area contributed by atoms with Crippen molar-refractivity contribution in [2.75, 3.05) is 6.54 Å². The fraction of sp³-hybridized carbons (Fsp3) is 0.333. The van der Waals surface area contributed by atoms with E-state index in [4.69, 9.17) is 16.9 Å². The Morgan fingerprint density at radius 2 is 2.32 bits per heavy atom. The number of nitro benzene ring substituents is 1. The third-order valence-electron chi connectivity index (χ3n) is 3.05. The number of nitriles is 1. The third kappa shape index (κ3) is 2.51. The van der Waals surface area contributed by atoms with Crippen LogP contribution in [-0.2, 0) is 0 Å². The van der Waals surface area contributed by atoms with Crippen LogP contribution in [0.25, 0.3) is 0 Å². The van der Waals surface area contributed by atoms with Gasteiger partial charge in [-0.05, 0) is 18.9 Å². The molecule has 0 spiro atoms. The van der Waals surface area contributed by atoms with Crippen molar-refractivity contribution in [2.45, 2.75) is 18.9 Å². The van der Waals surface area contributed by atoms with Crippen molar-refractivity contribution in [3.8, 4) is 6.07 Å². The third-order valence-corrected chi connectivity index (χ3v) is 3.38. The Labute approximate surface area is 114 Å². The maximum Gasteiger partial charge on any atom is 0.270 e. The molecule has 1 heterocycles. The molecule has 0 radical (unpaired) electrons. The standard InChI is InChI=1S/C12H10ClN3O3/c13-11-4-3-8(16(18)19)6-10(11)12(17)15-5-1-2-9(15)7-14/h3-4,6,9H,1-2,5H2. The summed E-state index contributed by atoms with van der Waals surface area (Å²) >= 11 is 5.91. The van der Waals surface area contributed by atoms with Gasteiger partial charge in [0.1, 0.15) is 6.04 Å². The molecule has 1 unspecified atom stereocenters. The molecule has 1 amide bonds. The second-order valence-electron chi connectivity index (χ2n) is 4.21. The molecule has 1 aliphatic heterocycles. The number of amides is 1. The first kappa shape index (κ1) is 13.3. The van der Waals surface area contributed by atoms with Crippen molar-refractivity contribution in [3.05, 3.63) is 38.9 Å². The van der Waals surface area contributed by atoms with Crippen molar-refractivity contribution in [3.63, 3.8) is 0 Å².